The molecule has 0 saturated carbocycles. The highest BCUT2D eigenvalue weighted by atomic mass is 14.1. The molecule has 2 aliphatic carbocycles. The van der Waals surface area contributed by atoms with E-state index in [2.05, 4.69) is 201 Å². The average molecular weight is 689 g/mol. The zero-order chi connectivity index (χ0) is 36.7. The molecule has 2 aliphatic rings. The fourth-order valence-corrected chi connectivity index (χ4v) is 7.26. The number of rotatable bonds is 4. The molecule has 0 amide bonds. The highest BCUT2D eigenvalue weighted by Gasteiger charge is 2.09. The van der Waals surface area contributed by atoms with Crippen LogP contribution in [0.25, 0.3) is 73.3 Å². The molecule has 0 unspecified atom stereocenters. The summed E-state index contributed by atoms with van der Waals surface area (Å²) in [5.41, 5.74) is 11.5. The third-order valence-corrected chi connectivity index (χ3v) is 10.1. The van der Waals surface area contributed by atoms with Crippen LogP contribution in [-0.2, 0) is 0 Å². The maximum atomic E-state index is 4.05. The van der Waals surface area contributed by atoms with Gasteiger partial charge in [0.25, 0.3) is 0 Å². The molecule has 0 aromatic heterocycles. The van der Waals surface area contributed by atoms with Crippen LogP contribution in [0.2, 0.25) is 0 Å². The van der Waals surface area contributed by atoms with E-state index >= 15 is 0 Å². The van der Waals surface area contributed by atoms with Crippen LogP contribution in [-0.4, -0.2) is 0 Å². The molecule has 256 valence electrons. The number of allylic oxidation sites excluding steroid dienone is 18. The maximum absolute atomic E-state index is 4.05. The minimum absolute atomic E-state index is 1.02. The van der Waals surface area contributed by atoms with Crippen molar-refractivity contribution in [2.45, 2.75) is 0 Å². The summed E-state index contributed by atoms with van der Waals surface area (Å²) in [6.07, 6.45) is 40.0. The van der Waals surface area contributed by atoms with Gasteiger partial charge in [-0.05, 0) is 106 Å². The van der Waals surface area contributed by atoms with Crippen molar-refractivity contribution in [3.63, 3.8) is 0 Å². The molecule has 8 rings (SSSR count). The second kappa shape index (κ2) is 15.7. The van der Waals surface area contributed by atoms with Crippen LogP contribution in [0, 0.1) is 0 Å². The summed E-state index contributed by atoms with van der Waals surface area (Å²) in [5.74, 6) is 0. The highest BCUT2D eigenvalue weighted by molar-refractivity contribution is 5.99. The van der Waals surface area contributed by atoms with Gasteiger partial charge in [-0.15, -0.1) is 0 Å². The summed E-state index contributed by atoms with van der Waals surface area (Å²) in [6, 6.07) is 37.7. The van der Waals surface area contributed by atoms with Crippen molar-refractivity contribution < 1.29 is 0 Å². The van der Waals surface area contributed by atoms with Gasteiger partial charge in [0, 0.05) is 0 Å². The molecule has 0 atom stereocenters. The molecule has 0 N–H and O–H groups in total. The Balaban J connectivity index is 1.14. The molecule has 0 nitrogen and oxygen atoms in total. The van der Waals surface area contributed by atoms with Crippen LogP contribution >= 0.6 is 0 Å². The van der Waals surface area contributed by atoms with E-state index in [1.807, 2.05) is 30.4 Å². The molecule has 6 aromatic carbocycles. The maximum Gasteiger partial charge on any atom is -0.0105 e. The standard InChI is InChI=1S/C54H40/c1-3-39-16-8-6-5-7-9-17-42(25-24-40(39)4-2)46-32-34-53-49(37-46)30-27-43-19-11-12-20-44-28-31-50-38-48(47-29-26-41-18-10-13-21-45(41)36-47)33-35-54(50)52(44)23-15-14-22-51(43)53/h3-38H,1-2H2/b6-5?,7-5+,8-6+,9-7?,12-11?,15-14?,16-8?,17-9-,19-11+,20-12+,22-14-,23-15-,25-24?,39-16-,40-24-,40-39?,42-17?,42-25+,43-19?,44-20?,51-22?,52-23?. The van der Waals surface area contributed by atoms with E-state index in [0.717, 1.165) is 22.3 Å². The third-order valence-electron chi connectivity index (χ3n) is 10.1. The Labute approximate surface area is 318 Å². The predicted octanol–water partition coefficient (Wildman–Crippen LogP) is 14.9. The van der Waals surface area contributed by atoms with Crippen LogP contribution < -0.4 is 0 Å². The van der Waals surface area contributed by atoms with Gasteiger partial charge in [-0.25, -0.2) is 0 Å². The van der Waals surface area contributed by atoms with Crippen molar-refractivity contribution in [1.29, 1.82) is 0 Å². The normalized spacial score (nSPS) is 21.3. The lowest BCUT2D eigenvalue weighted by Gasteiger charge is -2.11. The van der Waals surface area contributed by atoms with E-state index in [-0.39, 0.29) is 0 Å². The molecule has 0 heterocycles. The second-order valence-corrected chi connectivity index (χ2v) is 13.4. The molecule has 0 saturated heterocycles. The zero-order valence-electron chi connectivity index (χ0n) is 30.2. The lowest BCUT2D eigenvalue weighted by molar-refractivity contribution is 1.55. The fraction of sp³-hybridized carbons (Fsp3) is 0. The minimum Gasteiger partial charge on any atom is -0.0984 e. The van der Waals surface area contributed by atoms with E-state index in [1.54, 1.807) is 0 Å². The van der Waals surface area contributed by atoms with E-state index < -0.39 is 0 Å². The lowest BCUT2D eigenvalue weighted by Crippen LogP contribution is -1.89. The fourth-order valence-electron chi connectivity index (χ4n) is 7.26. The molecular formula is C54H40. The minimum atomic E-state index is 1.02. The van der Waals surface area contributed by atoms with E-state index in [9.17, 15) is 0 Å². The third kappa shape index (κ3) is 7.19. The Bertz CT molecular complexity index is 2770. The monoisotopic (exact) mass is 688 g/mol. The van der Waals surface area contributed by atoms with Gasteiger partial charge in [0.15, 0.2) is 0 Å². The summed E-state index contributed by atoms with van der Waals surface area (Å²) >= 11 is 0. The Morgan fingerprint density at radius 1 is 0.352 bits per heavy atom. The largest absolute Gasteiger partial charge is 0.0984 e. The number of benzene rings is 6. The van der Waals surface area contributed by atoms with Crippen LogP contribution in [0.1, 0.15) is 27.8 Å². The lowest BCUT2D eigenvalue weighted by atomic mass is 9.93. The van der Waals surface area contributed by atoms with Crippen molar-refractivity contribution in [3.05, 3.63) is 246 Å². The van der Waals surface area contributed by atoms with Gasteiger partial charge >= 0.3 is 0 Å². The number of hydrogen-bond donors (Lipinski definition) is 0. The zero-order valence-corrected chi connectivity index (χ0v) is 30.2. The first-order chi connectivity index (χ1) is 26.7. The molecular weight excluding hydrogens is 649 g/mol. The summed E-state index contributed by atoms with van der Waals surface area (Å²) < 4.78 is 0. The molecule has 0 spiro atoms. The molecule has 0 aliphatic heterocycles. The first-order valence-corrected chi connectivity index (χ1v) is 18.4. The van der Waals surface area contributed by atoms with E-state index in [4.69, 9.17) is 0 Å². The average Bonchev–Trinajstić information content (AvgIpc) is 3.20. The van der Waals surface area contributed by atoms with E-state index in [1.165, 1.54) is 65.7 Å². The number of hydrogen-bond acceptors (Lipinski definition) is 0. The topological polar surface area (TPSA) is 0 Å². The van der Waals surface area contributed by atoms with Crippen LogP contribution in [0.3, 0.4) is 0 Å². The van der Waals surface area contributed by atoms with Crippen LogP contribution in [0.15, 0.2) is 219 Å². The van der Waals surface area contributed by atoms with E-state index in [0.29, 0.717) is 0 Å². The van der Waals surface area contributed by atoms with Crippen LogP contribution in [0.5, 0.6) is 0 Å². The van der Waals surface area contributed by atoms with Crippen molar-refractivity contribution >= 4 is 62.2 Å². The summed E-state index contributed by atoms with van der Waals surface area (Å²) in [7, 11) is 0. The smallest absolute Gasteiger partial charge is 0.0105 e. The molecule has 54 heavy (non-hydrogen) atoms. The van der Waals surface area contributed by atoms with Crippen molar-refractivity contribution in [1.82, 2.24) is 0 Å². The number of fused-ring (bicyclic) bond motifs is 7. The molecule has 0 radical (unpaired) electrons. The van der Waals surface area contributed by atoms with Gasteiger partial charge in [0.05, 0.1) is 0 Å². The SMILES string of the molecule is C=CC1=C/C=C/C=C/C=C\C(c2ccc3c4c(ccc3c2)/C=C/C=C/c2ccc3cc(-c5ccc6ccccc6c5)ccc3c2/C=C\C=C/4)=C/C=C\1C=C. The highest BCUT2D eigenvalue weighted by Crippen LogP contribution is 2.33. The van der Waals surface area contributed by atoms with Crippen molar-refractivity contribution in [2.75, 3.05) is 0 Å². The van der Waals surface area contributed by atoms with Gasteiger partial charge in [-0.1, -0.05) is 214 Å². The first kappa shape index (κ1) is 34.1. The summed E-state index contributed by atoms with van der Waals surface area (Å²) in [5, 5.41) is 7.37. The Morgan fingerprint density at radius 3 is 1.54 bits per heavy atom. The predicted molar refractivity (Wildman–Crippen MR) is 239 cm³/mol. The summed E-state index contributed by atoms with van der Waals surface area (Å²) in [6.45, 7) is 8.06. The molecule has 0 bridgehead atoms. The second-order valence-electron chi connectivity index (χ2n) is 13.4. The van der Waals surface area contributed by atoms with Crippen molar-refractivity contribution in [2.24, 2.45) is 0 Å². The van der Waals surface area contributed by atoms with Crippen molar-refractivity contribution in [3.8, 4) is 11.1 Å². The van der Waals surface area contributed by atoms with Gasteiger partial charge in [-0.2, -0.15) is 0 Å². The first-order valence-electron chi connectivity index (χ1n) is 18.4. The Kier molecular flexibility index (Phi) is 9.91. The Hall–Kier alpha value is -7.02. The van der Waals surface area contributed by atoms with Gasteiger partial charge in [0.2, 0.25) is 0 Å². The van der Waals surface area contributed by atoms with Gasteiger partial charge in [0.1, 0.15) is 0 Å². The van der Waals surface area contributed by atoms with Crippen LogP contribution in [0.4, 0.5) is 0 Å². The molecule has 0 fully saturated rings. The van der Waals surface area contributed by atoms with Gasteiger partial charge in [-0.3, -0.25) is 0 Å². The summed E-state index contributed by atoms with van der Waals surface area (Å²) in [4.78, 5) is 0. The van der Waals surface area contributed by atoms with Gasteiger partial charge < -0.3 is 0 Å². The molecule has 6 aromatic rings. The molecule has 0 heteroatoms. The Morgan fingerprint density at radius 2 is 0.852 bits per heavy atom. The quantitative estimate of drug-likeness (QED) is 0.173.